The van der Waals surface area contributed by atoms with Gasteiger partial charge < -0.3 is 10.1 Å². The Balaban J connectivity index is 1.41. The number of benzene rings is 2. The second-order valence-electron chi connectivity index (χ2n) is 6.30. The Morgan fingerprint density at radius 3 is 3.07 bits per heavy atom. The molecule has 0 radical (unpaired) electrons. The highest BCUT2D eigenvalue weighted by Crippen LogP contribution is 2.31. The van der Waals surface area contributed by atoms with Gasteiger partial charge in [-0.15, -0.1) is 5.10 Å². The summed E-state index contributed by atoms with van der Waals surface area (Å²) in [6.45, 7) is 2.61. The maximum absolute atomic E-state index is 12.5. The first-order valence-corrected chi connectivity index (χ1v) is 9.68. The number of nitrogens with one attached hydrogen (secondary N) is 1. The lowest BCUT2D eigenvalue weighted by Gasteiger charge is -2.26. The Bertz CT molecular complexity index is 959. The van der Waals surface area contributed by atoms with Crippen molar-refractivity contribution in [1.82, 2.24) is 25.5 Å². The third kappa shape index (κ3) is 3.95. The minimum Gasteiger partial charge on any atom is -0.493 e. The molecule has 0 saturated heterocycles. The zero-order valence-electron chi connectivity index (χ0n) is 14.8. The van der Waals surface area contributed by atoms with Crippen molar-refractivity contribution in [2.45, 2.75) is 24.5 Å². The van der Waals surface area contributed by atoms with Gasteiger partial charge in [-0.3, -0.25) is 4.79 Å². The summed E-state index contributed by atoms with van der Waals surface area (Å²) in [5.74, 6) is 1.02. The number of nitrogens with zero attached hydrogens (tertiary/aromatic N) is 4. The summed E-state index contributed by atoms with van der Waals surface area (Å²) >= 11 is 1.32. The van der Waals surface area contributed by atoms with Crippen LogP contribution in [-0.2, 0) is 4.79 Å². The fraction of sp³-hybridized carbons (Fsp3) is 0.263. The van der Waals surface area contributed by atoms with Crippen LogP contribution in [0, 0.1) is 6.92 Å². The molecule has 1 aromatic heterocycles. The molecule has 2 heterocycles. The second kappa shape index (κ2) is 7.79. The Morgan fingerprint density at radius 1 is 1.30 bits per heavy atom. The van der Waals surface area contributed by atoms with Crippen LogP contribution in [0.2, 0.25) is 0 Å². The maximum atomic E-state index is 12.5. The monoisotopic (exact) mass is 381 g/mol. The van der Waals surface area contributed by atoms with Crippen LogP contribution in [0.3, 0.4) is 0 Å². The molecule has 0 aliphatic carbocycles. The van der Waals surface area contributed by atoms with Crippen LogP contribution in [0.25, 0.3) is 5.69 Å². The van der Waals surface area contributed by atoms with Gasteiger partial charge in [0, 0.05) is 12.0 Å². The zero-order chi connectivity index (χ0) is 18.6. The summed E-state index contributed by atoms with van der Waals surface area (Å²) in [7, 11) is 0. The number of hydrogen-bond acceptors (Lipinski definition) is 6. The first kappa shape index (κ1) is 17.5. The van der Waals surface area contributed by atoms with Crippen LogP contribution >= 0.6 is 11.8 Å². The Hall–Kier alpha value is -2.87. The molecule has 0 fully saturated rings. The summed E-state index contributed by atoms with van der Waals surface area (Å²) in [5.41, 5.74) is 3.02. The largest absolute Gasteiger partial charge is 0.493 e. The number of hydrogen-bond donors (Lipinski definition) is 1. The van der Waals surface area contributed by atoms with Crippen LogP contribution in [0.15, 0.2) is 53.7 Å². The predicted molar refractivity (Wildman–Crippen MR) is 102 cm³/mol. The van der Waals surface area contributed by atoms with Gasteiger partial charge in [0.05, 0.1) is 24.1 Å². The minimum atomic E-state index is -0.0551. The predicted octanol–water partition coefficient (Wildman–Crippen LogP) is 2.70. The lowest BCUT2D eigenvalue weighted by atomic mass is 10.0. The third-order valence-corrected chi connectivity index (χ3v) is 5.23. The van der Waals surface area contributed by atoms with Crippen molar-refractivity contribution in [2.75, 3.05) is 12.4 Å². The van der Waals surface area contributed by atoms with Gasteiger partial charge in [0.15, 0.2) is 0 Å². The van der Waals surface area contributed by atoms with Crippen molar-refractivity contribution in [3.05, 3.63) is 59.7 Å². The summed E-state index contributed by atoms with van der Waals surface area (Å²) in [6.07, 6.45) is 0.758. The Labute approximate surface area is 161 Å². The number of aromatic nitrogens is 4. The van der Waals surface area contributed by atoms with E-state index in [1.807, 2.05) is 55.5 Å². The van der Waals surface area contributed by atoms with Gasteiger partial charge in [-0.2, -0.15) is 4.68 Å². The second-order valence-corrected chi connectivity index (χ2v) is 7.24. The van der Waals surface area contributed by atoms with E-state index in [1.165, 1.54) is 11.8 Å². The smallest absolute Gasteiger partial charge is 0.230 e. The SMILES string of the molecule is Cc1cccc(-n2nnnc2SCC(=O)N[C@H]2CCOc3ccccc32)c1. The van der Waals surface area contributed by atoms with E-state index in [0.717, 1.165) is 29.0 Å². The summed E-state index contributed by atoms with van der Waals surface area (Å²) < 4.78 is 7.29. The molecule has 1 aliphatic rings. The molecule has 27 heavy (non-hydrogen) atoms. The number of para-hydroxylation sites is 1. The van der Waals surface area contributed by atoms with Crippen LogP contribution in [0.4, 0.5) is 0 Å². The standard InChI is InChI=1S/C19H19N5O2S/c1-13-5-4-6-14(11-13)24-19(21-22-23-24)27-12-18(25)20-16-9-10-26-17-8-3-2-7-15(16)17/h2-8,11,16H,9-10,12H2,1H3,(H,20,25)/t16-/m0/s1. The third-order valence-electron chi connectivity index (χ3n) is 4.31. The van der Waals surface area contributed by atoms with Crippen LogP contribution in [-0.4, -0.2) is 38.5 Å². The molecule has 7 nitrogen and oxygen atoms in total. The van der Waals surface area contributed by atoms with Crippen molar-refractivity contribution in [1.29, 1.82) is 0 Å². The Kier molecular flexibility index (Phi) is 5.06. The molecule has 1 N–H and O–H groups in total. The topological polar surface area (TPSA) is 81.9 Å². The molecule has 3 aromatic rings. The summed E-state index contributed by atoms with van der Waals surface area (Å²) in [6, 6.07) is 15.7. The van der Waals surface area contributed by atoms with Crippen LogP contribution in [0.5, 0.6) is 5.75 Å². The molecular formula is C19H19N5O2S. The molecule has 0 bridgehead atoms. The average Bonchev–Trinajstić information content (AvgIpc) is 3.15. The fourth-order valence-corrected chi connectivity index (χ4v) is 3.75. The number of carbonyl (C=O) groups excluding carboxylic acids is 1. The molecule has 8 heteroatoms. The number of ether oxygens (including phenoxy) is 1. The van der Waals surface area contributed by atoms with Crippen LogP contribution < -0.4 is 10.1 Å². The number of tetrazole rings is 1. The summed E-state index contributed by atoms with van der Waals surface area (Å²) in [4.78, 5) is 12.5. The van der Waals surface area contributed by atoms with Gasteiger partial charge in [0.1, 0.15) is 5.75 Å². The minimum absolute atomic E-state index is 0.0317. The van der Waals surface area contributed by atoms with E-state index in [4.69, 9.17) is 4.74 Å². The average molecular weight is 381 g/mol. The van der Waals surface area contributed by atoms with E-state index < -0.39 is 0 Å². The van der Waals surface area contributed by atoms with E-state index in [1.54, 1.807) is 4.68 Å². The van der Waals surface area contributed by atoms with Crippen molar-refractivity contribution in [2.24, 2.45) is 0 Å². The van der Waals surface area contributed by atoms with Gasteiger partial charge in [-0.25, -0.2) is 0 Å². The lowest BCUT2D eigenvalue weighted by molar-refractivity contribution is -0.119. The van der Waals surface area contributed by atoms with E-state index in [9.17, 15) is 4.79 Å². The van der Waals surface area contributed by atoms with Crippen molar-refractivity contribution < 1.29 is 9.53 Å². The van der Waals surface area contributed by atoms with Gasteiger partial charge in [-0.05, 0) is 41.1 Å². The van der Waals surface area contributed by atoms with Crippen molar-refractivity contribution in [3.8, 4) is 11.4 Å². The normalized spacial score (nSPS) is 15.7. The molecule has 4 rings (SSSR count). The highest BCUT2D eigenvalue weighted by Gasteiger charge is 2.23. The highest BCUT2D eigenvalue weighted by molar-refractivity contribution is 7.99. The number of amides is 1. The van der Waals surface area contributed by atoms with Gasteiger partial charge in [-0.1, -0.05) is 42.1 Å². The molecule has 1 amide bonds. The number of carbonyl (C=O) groups is 1. The molecular weight excluding hydrogens is 362 g/mol. The van der Waals surface area contributed by atoms with E-state index in [-0.39, 0.29) is 17.7 Å². The number of aryl methyl sites for hydroxylation is 1. The van der Waals surface area contributed by atoms with Gasteiger partial charge >= 0.3 is 0 Å². The number of rotatable bonds is 5. The van der Waals surface area contributed by atoms with Crippen LogP contribution in [0.1, 0.15) is 23.6 Å². The molecule has 1 aliphatic heterocycles. The number of thioether (sulfide) groups is 1. The van der Waals surface area contributed by atoms with E-state index in [0.29, 0.717) is 11.8 Å². The quantitative estimate of drug-likeness (QED) is 0.685. The lowest BCUT2D eigenvalue weighted by Crippen LogP contribution is -2.33. The van der Waals surface area contributed by atoms with Gasteiger partial charge in [0.25, 0.3) is 0 Å². The van der Waals surface area contributed by atoms with Gasteiger partial charge in [0.2, 0.25) is 11.1 Å². The van der Waals surface area contributed by atoms with Crippen molar-refractivity contribution in [3.63, 3.8) is 0 Å². The first-order chi connectivity index (χ1) is 13.2. The molecule has 0 spiro atoms. The molecule has 138 valence electrons. The molecule has 2 aromatic carbocycles. The number of fused-ring (bicyclic) bond motifs is 1. The fourth-order valence-electron chi connectivity index (χ4n) is 3.05. The highest BCUT2D eigenvalue weighted by atomic mass is 32.2. The summed E-state index contributed by atoms with van der Waals surface area (Å²) in [5, 5.41) is 15.5. The maximum Gasteiger partial charge on any atom is 0.230 e. The van der Waals surface area contributed by atoms with Crippen molar-refractivity contribution >= 4 is 17.7 Å². The first-order valence-electron chi connectivity index (χ1n) is 8.70. The van der Waals surface area contributed by atoms with E-state index >= 15 is 0 Å². The zero-order valence-corrected chi connectivity index (χ0v) is 15.6. The molecule has 0 saturated carbocycles. The van der Waals surface area contributed by atoms with E-state index in [2.05, 4.69) is 20.8 Å². The molecule has 0 unspecified atom stereocenters. The molecule has 1 atom stereocenters. The Morgan fingerprint density at radius 2 is 2.19 bits per heavy atom.